The monoisotopic (exact) mass is 359 g/mol. The number of nitrogens with zero attached hydrogens (tertiary/aromatic N) is 2. The Balaban J connectivity index is 1.95. The Bertz CT molecular complexity index is 505. The summed E-state index contributed by atoms with van der Waals surface area (Å²) in [4.78, 5) is 12.9. The Morgan fingerprint density at radius 3 is 2.57 bits per heavy atom. The van der Waals surface area contributed by atoms with E-state index in [1.165, 1.54) is 37.8 Å². The molecule has 1 heterocycles. The van der Waals surface area contributed by atoms with Gasteiger partial charge in [-0.3, -0.25) is 10.1 Å². The maximum atomic E-state index is 13.5. The Morgan fingerprint density at radius 2 is 1.95 bits per heavy atom. The van der Waals surface area contributed by atoms with Crippen LogP contribution < -0.4 is 5.32 Å². The van der Waals surface area contributed by atoms with Gasteiger partial charge in [0.2, 0.25) is 0 Å². The van der Waals surface area contributed by atoms with Crippen LogP contribution in [0.1, 0.15) is 25.7 Å². The molecule has 0 atom stereocenters. The normalized spacial score (nSPS) is 16.5. The van der Waals surface area contributed by atoms with E-state index in [4.69, 9.17) is 0 Å². The molecule has 0 radical (unpaired) electrons. The van der Waals surface area contributed by atoms with E-state index in [-0.39, 0.29) is 15.8 Å². The number of nitro benzene ring substituents is 1. The molecule has 0 saturated carbocycles. The minimum Gasteiger partial charge on any atom is -0.378 e. The van der Waals surface area contributed by atoms with Crippen molar-refractivity contribution in [3.8, 4) is 0 Å². The zero-order valence-electron chi connectivity index (χ0n) is 11.8. The highest BCUT2D eigenvalue weighted by Crippen LogP contribution is 2.30. The smallest absolute Gasteiger partial charge is 0.293 e. The number of hydrogen-bond acceptors (Lipinski definition) is 4. The molecule has 116 valence electrons. The van der Waals surface area contributed by atoms with Gasteiger partial charge in [-0.05, 0) is 41.9 Å². The molecule has 1 aromatic carbocycles. The average Bonchev–Trinajstić information content (AvgIpc) is 2.71. The van der Waals surface area contributed by atoms with E-state index < -0.39 is 10.7 Å². The summed E-state index contributed by atoms with van der Waals surface area (Å²) in [5, 5.41) is 14.0. The van der Waals surface area contributed by atoms with Crippen LogP contribution in [0.15, 0.2) is 16.6 Å². The molecule has 1 aliphatic rings. The summed E-state index contributed by atoms with van der Waals surface area (Å²) in [7, 11) is 0. The molecular weight excluding hydrogens is 341 g/mol. The molecule has 0 aromatic heterocycles. The van der Waals surface area contributed by atoms with E-state index in [9.17, 15) is 14.5 Å². The lowest BCUT2D eigenvalue weighted by atomic mass is 10.2. The van der Waals surface area contributed by atoms with Crippen molar-refractivity contribution in [1.82, 2.24) is 4.90 Å². The molecule has 0 aliphatic carbocycles. The molecule has 0 amide bonds. The zero-order valence-corrected chi connectivity index (χ0v) is 13.4. The van der Waals surface area contributed by atoms with E-state index in [0.29, 0.717) is 6.54 Å². The summed E-state index contributed by atoms with van der Waals surface area (Å²) in [5.74, 6) is -0.502. The van der Waals surface area contributed by atoms with Crippen LogP contribution in [-0.2, 0) is 0 Å². The first-order chi connectivity index (χ1) is 10.1. The van der Waals surface area contributed by atoms with Gasteiger partial charge in [0.05, 0.1) is 9.40 Å². The largest absolute Gasteiger partial charge is 0.378 e. The van der Waals surface area contributed by atoms with E-state index >= 15 is 0 Å². The summed E-state index contributed by atoms with van der Waals surface area (Å²) >= 11 is 2.97. The Morgan fingerprint density at radius 1 is 1.29 bits per heavy atom. The number of rotatable bonds is 5. The summed E-state index contributed by atoms with van der Waals surface area (Å²) < 4.78 is 13.6. The number of anilines is 1. The van der Waals surface area contributed by atoms with Crippen LogP contribution in [0.5, 0.6) is 0 Å². The third-order valence-corrected chi connectivity index (χ3v) is 4.29. The molecule has 0 bridgehead atoms. The number of benzene rings is 1. The standard InChI is InChI=1S/C14H19BrFN3O2/c15-11-9-14(19(20)21)13(10-12(11)16)17-5-8-18-6-3-1-2-4-7-18/h9-10,17H,1-8H2. The molecule has 1 aliphatic heterocycles. The molecule has 1 fully saturated rings. The third-order valence-electron chi connectivity index (χ3n) is 3.68. The molecule has 1 saturated heterocycles. The Hall–Kier alpha value is -1.21. The van der Waals surface area contributed by atoms with Crippen molar-refractivity contribution in [3.63, 3.8) is 0 Å². The predicted molar refractivity (Wildman–Crippen MR) is 84.2 cm³/mol. The fourth-order valence-electron chi connectivity index (χ4n) is 2.54. The van der Waals surface area contributed by atoms with Crippen molar-refractivity contribution in [2.24, 2.45) is 0 Å². The minimum absolute atomic E-state index is 0.104. The van der Waals surface area contributed by atoms with Gasteiger partial charge in [0, 0.05) is 25.2 Å². The second-order valence-electron chi connectivity index (χ2n) is 5.22. The molecule has 7 heteroatoms. The van der Waals surface area contributed by atoms with Crippen LogP contribution in [-0.4, -0.2) is 36.0 Å². The summed E-state index contributed by atoms with van der Waals surface area (Å²) in [6.07, 6.45) is 4.95. The Labute approximate surface area is 131 Å². The molecule has 0 unspecified atom stereocenters. The van der Waals surface area contributed by atoms with Crippen LogP contribution in [0.3, 0.4) is 0 Å². The fourth-order valence-corrected chi connectivity index (χ4v) is 2.87. The first-order valence-corrected chi connectivity index (χ1v) is 7.97. The number of halogens is 2. The highest BCUT2D eigenvalue weighted by atomic mass is 79.9. The second-order valence-corrected chi connectivity index (χ2v) is 6.08. The van der Waals surface area contributed by atoms with Crippen LogP contribution >= 0.6 is 15.9 Å². The van der Waals surface area contributed by atoms with Gasteiger partial charge < -0.3 is 10.2 Å². The van der Waals surface area contributed by atoms with E-state index in [1.54, 1.807) is 0 Å². The lowest BCUT2D eigenvalue weighted by molar-refractivity contribution is -0.384. The average molecular weight is 360 g/mol. The van der Waals surface area contributed by atoms with Crippen LogP contribution in [0.25, 0.3) is 0 Å². The van der Waals surface area contributed by atoms with Gasteiger partial charge in [-0.2, -0.15) is 0 Å². The van der Waals surface area contributed by atoms with Crippen molar-refractivity contribution in [2.75, 3.05) is 31.5 Å². The predicted octanol–water partition coefficient (Wildman–Crippen LogP) is 3.78. The first-order valence-electron chi connectivity index (χ1n) is 7.17. The molecule has 5 nitrogen and oxygen atoms in total. The van der Waals surface area contributed by atoms with Crippen molar-refractivity contribution in [2.45, 2.75) is 25.7 Å². The van der Waals surface area contributed by atoms with Gasteiger partial charge in [-0.15, -0.1) is 0 Å². The topological polar surface area (TPSA) is 58.4 Å². The van der Waals surface area contributed by atoms with Crippen molar-refractivity contribution in [3.05, 3.63) is 32.5 Å². The van der Waals surface area contributed by atoms with E-state index in [1.807, 2.05) is 0 Å². The molecule has 1 N–H and O–H groups in total. The molecule has 2 rings (SSSR count). The van der Waals surface area contributed by atoms with Gasteiger partial charge in [0.15, 0.2) is 0 Å². The zero-order chi connectivity index (χ0) is 15.2. The number of nitro groups is 1. The third kappa shape index (κ3) is 4.64. The van der Waals surface area contributed by atoms with E-state index in [0.717, 1.165) is 19.6 Å². The molecule has 21 heavy (non-hydrogen) atoms. The molecule has 0 spiro atoms. The van der Waals surface area contributed by atoms with Crippen LogP contribution in [0.2, 0.25) is 0 Å². The van der Waals surface area contributed by atoms with Gasteiger partial charge in [0.25, 0.3) is 5.69 Å². The van der Waals surface area contributed by atoms with Gasteiger partial charge in [-0.25, -0.2) is 4.39 Å². The quantitative estimate of drug-likeness (QED) is 0.641. The summed E-state index contributed by atoms with van der Waals surface area (Å²) in [5.41, 5.74) is 0.120. The first kappa shape index (κ1) is 16.2. The van der Waals surface area contributed by atoms with Crippen LogP contribution in [0, 0.1) is 15.9 Å². The van der Waals surface area contributed by atoms with Crippen molar-refractivity contribution in [1.29, 1.82) is 0 Å². The number of hydrogen-bond donors (Lipinski definition) is 1. The lowest BCUT2D eigenvalue weighted by Crippen LogP contribution is -2.30. The Kier molecular flexibility index (Phi) is 5.93. The SMILES string of the molecule is O=[N+]([O-])c1cc(Br)c(F)cc1NCCN1CCCCCC1. The lowest BCUT2D eigenvalue weighted by Gasteiger charge is -2.20. The summed E-state index contributed by atoms with van der Waals surface area (Å²) in [6, 6.07) is 2.37. The highest BCUT2D eigenvalue weighted by Gasteiger charge is 2.17. The maximum Gasteiger partial charge on any atom is 0.293 e. The number of likely N-dealkylation sites (tertiary alicyclic amines) is 1. The highest BCUT2D eigenvalue weighted by molar-refractivity contribution is 9.10. The summed E-state index contributed by atoms with van der Waals surface area (Å²) in [6.45, 7) is 3.52. The molecular formula is C14H19BrFN3O2. The van der Waals surface area contributed by atoms with Crippen molar-refractivity contribution < 1.29 is 9.31 Å². The molecule has 1 aromatic rings. The van der Waals surface area contributed by atoms with Crippen molar-refractivity contribution >= 4 is 27.3 Å². The van der Waals surface area contributed by atoms with Gasteiger partial charge >= 0.3 is 0 Å². The minimum atomic E-state index is -0.502. The van der Waals surface area contributed by atoms with Gasteiger partial charge in [0.1, 0.15) is 11.5 Å². The fraction of sp³-hybridized carbons (Fsp3) is 0.571. The number of nitrogens with one attached hydrogen (secondary N) is 1. The van der Waals surface area contributed by atoms with Crippen LogP contribution in [0.4, 0.5) is 15.8 Å². The second kappa shape index (κ2) is 7.70. The van der Waals surface area contributed by atoms with Gasteiger partial charge in [-0.1, -0.05) is 12.8 Å². The maximum absolute atomic E-state index is 13.5. The van der Waals surface area contributed by atoms with E-state index in [2.05, 4.69) is 26.1 Å².